The molecule has 1 aliphatic carbocycles. The van der Waals surface area contributed by atoms with E-state index in [0.717, 1.165) is 37.6 Å². The highest BCUT2D eigenvalue weighted by atomic mass is 16.5. The zero-order valence-corrected chi connectivity index (χ0v) is 12.7. The first-order valence-corrected chi connectivity index (χ1v) is 7.92. The summed E-state index contributed by atoms with van der Waals surface area (Å²) in [5.74, 6) is 1.89. The molecule has 2 fully saturated rings. The lowest BCUT2D eigenvalue weighted by molar-refractivity contribution is -0.131. The van der Waals surface area contributed by atoms with Crippen LogP contribution in [0.3, 0.4) is 0 Å². The summed E-state index contributed by atoms with van der Waals surface area (Å²) in [5.41, 5.74) is 1.18. The normalized spacial score (nSPS) is 21.6. The van der Waals surface area contributed by atoms with E-state index in [0.29, 0.717) is 6.54 Å². The second-order valence-electron chi connectivity index (χ2n) is 6.10. The molecule has 1 saturated carbocycles. The van der Waals surface area contributed by atoms with Gasteiger partial charge in [-0.3, -0.25) is 4.79 Å². The van der Waals surface area contributed by atoms with Crippen molar-refractivity contribution in [3.8, 4) is 5.75 Å². The van der Waals surface area contributed by atoms with Gasteiger partial charge in [-0.15, -0.1) is 0 Å². The molecule has 1 amide bonds. The number of likely N-dealkylation sites (tertiary alicyclic amines) is 1. The molecule has 0 radical (unpaired) electrons. The van der Waals surface area contributed by atoms with E-state index in [1.165, 1.54) is 18.4 Å². The summed E-state index contributed by atoms with van der Waals surface area (Å²) in [6.07, 6.45) is 4.76. The molecule has 3 rings (SSSR count). The van der Waals surface area contributed by atoms with Gasteiger partial charge >= 0.3 is 0 Å². The summed E-state index contributed by atoms with van der Waals surface area (Å²) < 4.78 is 5.29. The average molecular weight is 288 g/mol. The zero-order valence-electron chi connectivity index (χ0n) is 12.7. The molecule has 1 N–H and O–H groups in total. The van der Waals surface area contributed by atoms with Crippen LogP contribution in [0.1, 0.15) is 37.3 Å². The maximum atomic E-state index is 12.4. The number of ether oxygens (including phenoxy) is 1. The molecule has 1 atom stereocenters. The van der Waals surface area contributed by atoms with E-state index in [2.05, 4.69) is 11.4 Å². The minimum absolute atomic E-state index is 0.204. The summed E-state index contributed by atoms with van der Waals surface area (Å²) in [4.78, 5) is 14.4. The Morgan fingerprint density at radius 2 is 2.24 bits per heavy atom. The van der Waals surface area contributed by atoms with Crippen molar-refractivity contribution in [2.75, 3.05) is 26.7 Å². The van der Waals surface area contributed by atoms with Gasteiger partial charge in [0.05, 0.1) is 19.7 Å². The van der Waals surface area contributed by atoms with Crippen molar-refractivity contribution in [2.24, 2.45) is 5.92 Å². The molecule has 0 aromatic heterocycles. The molecule has 4 heteroatoms. The Morgan fingerprint density at radius 3 is 3.00 bits per heavy atom. The fraction of sp³-hybridized carbons (Fsp3) is 0.588. The van der Waals surface area contributed by atoms with Crippen molar-refractivity contribution >= 4 is 5.91 Å². The first-order chi connectivity index (χ1) is 10.3. The molecular weight excluding hydrogens is 264 g/mol. The quantitative estimate of drug-likeness (QED) is 0.873. The van der Waals surface area contributed by atoms with Gasteiger partial charge < -0.3 is 15.0 Å². The summed E-state index contributed by atoms with van der Waals surface area (Å²) in [7, 11) is 1.68. The average Bonchev–Trinajstić information content (AvgIpc) is 3.20. The van der Waals surface area contributed by atoms with Gasteiger partial charge in [0.15, 0.2) is 0 Å². The number of methoxy groups -OCH3 is 1. The van der Waals surface area contributed by atoms with Crippen molar-refractivity contribution in [3.63, 3.8) is 0 Å². The molecule has 0 bridgehead atoms. The van der Waals surface area contributed by atoms with Crippen molar-refractivity contribution in [1.29, 1.82) is 0 Å². The minimum atomic E-state index is 0.204. The maximum Gasteiger partial charge on any atom is 0.237 e. The van der Waals surface area contributed by atoms with Crippen LogP contribution >= 0.6 is 0 Å². The third-order valence-corrected chi connectivity index (χ3v) is 4.46. The first kappa shape index (κ1) is 14.4. The van der Waals surface area contributed by atoms with Crippen LogP contribution in [0.25, 0.3) is 0 Å². The lowest BCUT2D eigenvalue weighted by atomic mass is 10.0. The molecule has 2 aliphatic rings. The Kier molecular flexibility index (Phi) is 4.44. The fourth-order valence-corrected chi connectivity index (χ4v) is 3.07. The van der Waals surface area contributed by atoms with Crippen molar-refractivity contribution in [2.45, 2.75) is 31.7 Å². The first-order valence-electron chi connectivity index (χ1n) is 7.92. The van der Waals surface area contributed by atoms with Crippen molar-refractivity contribution in [3.05, 3.63) is 29.8 Å². The smallest absolute Gasteiger partial charge is 0.237 e. The van der Waals surface area contributed by atoms with Crippen LogP contribution in [0.4, 0.5) is 0 Å². The summed E-state index contributed by atoms with van der Waals surface area (Å²) >= 11 is 0. The van der Waals surface area contributed by atoms with Crippen LogP contribution < -0.4 is 10.1 Å². The van der Waals surface area contributed by atoms with Gasteiger partial charge in [0.25, 0.3) is 0 Å². The highest BCUT2D eigenvalue weighted by Gasteiger charge is 2.30. The Balaban J connectivity index is 1.61. The van der Waals surface area contributed by atoms with Crippen LogP contribution in [0.5, 0.6) is 5.75 Å². The number of carbonyl (C=O) groups is 1. The summed E-state index contributed by atoms with van der Waals surface area (Å²) in [5, 5.41) is 3.30. The second-order valence-corrected chi connectivity index (χ2v) is 6.10. The van der Waals surface area contributed by atoms with Gasteiger partial charge in [0, 0.05) is 6.54 Å². The summed E-state index contributed by atoms with van der Waals surface area (Å²) in [6.45, 7) is 2.33. The Hall–Kier alpha value is -1.55. The minimum Gasteiger partial charge on any atom is -0.497 e. The molecule has 1 aliphatic heterocycles. The number of nitrogens with zero attached hydrogens (tertiary/aromatic N) is 1. The summed E-state index contributed by atoms with van der Waals surface area (Å²) in [6, 6.07) is 8.29. The Morgan fingerprint density at radius 1 is 1.38 bits per heavy atom. The van der Waals surface area contributed by atoms with E-state index in [4.69, 9.17) is 4.74 Å². The highest BCUT2D eigenvalue weighted by Crippen LogP contribution is 2.33. The maximum absolute atomic E-state index is 12.4. The molecule has 1 aromatic rings. The number of rotatable bonds is 6. The molecule has 1 aromatic carbocycles. The standard InChI is InChI=1S/C17H24N2O2/c1-21-15-5-2-4-14(10-15)16-6-3-9-19(16)17(20)12-18-11-13-7-8-13/h2,4-5,10,13,16,18H,3,6-9,11-12H2,1H3. The van der Waals surface area contributed by atoms with Gasteiger partial charge in [-0.05, 0) is 55.8 Å². The van der Waals surface area contributed by atoms with Crippen LogP contribution in [-0.4, -0.2) is 37.6 Å². The molecule has 0 spiro atoms. The predicted octanol–water partition coefficient (Wildman–Crippen LogP) is 2.36. The van der Waals surface area contributed by atoms with Crippen LogP contribution in [0, 0.1) is 5.92 Å². The predicted molar refractivity (Wildman–Crippen MR) is 82.3 cm³/mol. The largest absolute Gasteiger partial charge is 0.497 e. The van der Waals surface area contributed by atoms with Gasteiger partial charge in [-0.2, -0.15) is 0 Å². The number of nitrogens with one attached hydrogen (secondary N) is 1. The lowest BCUT2D eigenvalue weighted by Gasteiger charge is -2.25. The topological polar surface area (TPSA) is 41.6 Å². The number of benzene rings is 1. The Labute approximate surface area is 126 Å². The molecule has 1 saturated heterocycles. The molecule has 1 unspecified atom stereocenters. The molecule has 4 nitrogen and oxygen atoms in total. The number of carbonyl (C=O) groups excluding carboxylic acids is 1. The van der Waals surface area contributed by atoms with Crippen LogP contribution in [0.2, 0.25) is 0 Å². The second kappa shape index (κ2) is 6.48. The van der Waals surface area contributed by atoms with Crippen LogP contribution in [0.15, 0.2) is 24.3 Å². The van der Waals surface area contributed by atoms with Crippen LogP contribution in [-0.2, 0) is 4.79 Å². The number of hydrogen-bond donors (Lipinski definition) is 1. The van der Waals surface area contributed by atoms with Crippen molar-refractivity contribution < 1.29 is 9.53 Å². The van der Waals surface area contributed by atoms with E-state index >= 15 is 0 Å². The lowest BCUT2D eigenvalue weighted by Crippen LogP contribution is -2.38. The van der Waals surface area contributed by atoms with Crippen molar-refractivity contribution in [1.82, 2.24) is 10.2 Å². The molecular formula is C17H24N2O2. The van der Waals surface area contributed by atoms with Gasteiger partial charge in [0.1, 0.15) is 5.75 Å². The van der Waals surface area contributed by atoms with Gasteiger partial charge in [-0.25, -0.2) is 0 Å². The Bertz CT molecular complexity index is 499. The SMILES string of the molecule is COc1cccc(C2CCCN2C(=O)CNCC2CC2)c1. The van der Waals surface area contributed by atoms with E-state index in [9.17, 15) is 4.79 Å². The highest BCUT2D eigenvalue weighted by molar-refractivity contribution is 5.79. The van der Waals surface area contributed by atoms with E-state index < -0.39 is 0 Å². The monoisotopic (exact) mass is 288 g/mol. The number of amides is 1. The van der Waals surface area contributed by atoms with E-state index in [1.54, 1.807) is 7.11 Å². The van der Waals surface area contributed by atoms with Gasteiger partial charge in [0.2, 0.25) is 5.91 Å². The van der Waals surface area contributed by atoms with E-state index in [1.807, 2.05) is 23.1 Å². The third kappa shape index (κ3) is 3.56. The molecule has 114 valence electrons. The third-order valence-electron chi connectivity index (χ3n) is 4.46. The van der Waals surface area contributed by atoms with Gasteiger partial charge in [-0.1, -0.05) is 12.1 Å². The number of hydrogen-bond acceptors (Lipinski definition) is 3. The fourth-order valence-electron chi connectivity index (χ4n) is 3.07. The molecule has 1 heterocycles. The van der Waals surface area contributed by atoms with E-state index in [-0.39, 0.29) is 11.9 Å². The zero-order chi connectivity index (χ0) is 14.7. The molecule has 21 heavy (non-hydrogen) atoms.